The van der Waals surface area contributed by atoms with Gasteiger partial charge in [0.2, 0.25) is 5.91 Å². The van der Waals surface area contributed by atoms with Crippen LogP contribution in [0.1, 0.15) is 18.4 Å². The van der Waals surface area contributed by atoms with E-state index in [0.717, 1.165) is 18.5 Å². The first-order valence-electron chi connectivity index (χ1n) is 4.78. The minimum Gasteiger partial charge on any atom is -0.506 e. The number of anilines is 1. The lowest BCUT2D eigenvalue weighted by Crippen LogP contribution is -2.23. The Kier molecular flexibility index (Phi) is 2.15. The maximum atomic E-state index is 11.5. The van der Waals surface area contributed by atoms with Crippen LogP contribution >= 0.6 is 0 Å². The van der Waals surface area contributed by atoms with E-state index in [4.69, 9.17) is 0 Å². The fraction of sp³-hybridized carbons (Fsp3) is 0.364. The van der Waals surface area contributed by atoms with Gasteiger partial charge in [-0.25, -0.2) is 0 Å². The number of phenolic OH excluding ortho intramolecular Hbond substituents is 1. The Hall–Kier alpha value is -1.51. The van der Waals surface area contributed by atoms with Crippen molar-refractivity contribution < 1.29 is 9.90 Å². The number of phenols is 1. The van der Waals surface area contributed by atoms with Crippen molar-refractivity contribution in [1.29, 1.82) is 0 Å². The van der Waals surface area contributed by atoms with E-state index in [1.807, 2.05) is 19.1 Å². The van der Waals surface area contributed by atoms with Crippen molar-refractivity contribution in [2.45, 2.75) is 19.8 Å². The summed E-state index contributed by atoms with van der Waals surface area (Å²) < 4.78 is 0. The molecule has 3 heteroatoms. The smallest absolute Gasteiger partial charge is 0.227 e. The first-order valence-corrected chi connectivity index (χ1v) is 4.78. The Bertz CT molecular complexity index is 374. The highest BCUT2D eigenvalue weighted by atomic mass is 16.3. The van der Waals surface area contributed by atoms with Crippen molar-refractivity contribution in [3.63, 3.8) is 0 Å². The Morgan fingerprint density at radius 1 is 1.43 bits per heavy atom. The molecule has 0 unspecified atom stereocenters. The fourth-order valence-electron chi connectivity index (χ4n) is 1.75. The molecule has 1 fully saturated rings. The number of carbonyl (C=O) groups excluding carboxylic acids is 1. The predicted octanol–water partition coefficient (Wildman–Crippen LogP) is 1.83. The third-order valence-electron chi connectivity index (χ3n) is 2.50. The van der Waals surface area contributed by atoms with E-state index in [-0.39, 0.29) is 11.7 Å². The highest BCUT2D eigenvalue weighted by Crippen LogP contribution is 2.31. The van der Waals surface area contributed by atoms with Crippen LogP contribution in [0, 0.1) is 6.92 Å². The molecule has 1 amide bonds. The van der Waals surface area contributed by atoms with Crippen LogP contribution in [0.2, 0.25) is 0 Å². The predicted molar refractivity (Wildman–Crippen MR) is 54.4 cm³/mol. The van der Waals surface area contributed by atoms with Gasteiger partial charge >= 0.3 is 0 Å². The summed E-state index contributed by atoms with van der Waals surface area (Å²) in [5, 5.41) is 9.62. The zero-order valence-corrected chi connectivity index (χ0v) is 8.16. The highest BCUT2D eigenvalue weighted by molar-refractivity contribution is 5.96. The minimum absolute atomic E-state index is 0.103. The molecule has 2 rings (SSSR count). The Labute approximate surface area is 83.0 Å². The summed E-state index contributed by atoms with van der Waals surface area (Å²) in [7, 11) is 0. The van der Waals surface area contributed by atoms with E-state index in [1.165, 1.54) is 0 Å². The molecule has 0 spiro atoms. The van der Waals surface area contributed by atoms with Crippen molar-refractivity contribution >= 4 is 11.6 Å². The van der Waals surface area contributed by atoms with Crippen LogP contribution < -0.4 is 4.90 Å². The number of hydrogen-bond donors (Lipinski definition) is 1. The lowest BCUT2D eigenvalue weighted by molar-refractivity contribution is -0.117. The fourth-order valence-corrected chi connectivity index (χ4v) is 1.75. The van der Waals surface area contributed by atoms with Gasteiger partial charge < -0.3 is 10.0 Å². The van der Waals surface area contributed by atoms with Gasteiger partial charge in [0.25, 0.3) is 0 Å². The number of aromatic hydroxyl groups is 1. The molecule has 0 aliphatic carbocycles. The van der Waals surface area contributed by atoms with Crippen molar-refractivity contribution in [1.82, 2.24) is 0 Å². The van der Waals surface area contributed by atoms with Crippen LogP contribution in [0.5, 0.6) is 5.75 Å². The molecule has 0 atom stereocenters. The van der Waals surface area contributed by atoms with Gasteiger partial charge in [0.1, 0.15) is 5.75 Å². The minimum atomic E-state index is 0.103. The number of amides is 1. The van der Waals surface area contributed by atoms with Crippen LogP contribution in [0.3, 0.4) is 0 Å². The number of nitrogens with zero attached hydrogens (tertiary/aromatic N) is 1. The van der Waals surface area contributed by atoms with E-state index in [1.54, 1.807) is 11.0 Å². The summed E-state index contributed by atoms with van der Waals surface area (Å²) in [5.41, 5.74) is 1.70. The second-order valence-electron chi connectivity index (χ2n) is 3.64. The van der Waals surface area contributed by atoms with E-state index >= 15 is 0 Å². The lowest BCUT2D eigenvalue weighted by Gasteiger charge is -2.17. The summed E-state index contributed by atoms with van der Waals surface area (Å²) in [5.74, 6) is 0.289. The zero-order chi connectivity index (χ0) is 10.1. The van der Waals surface area contributed by atoms with Gasteiger partial charge in [-0.3, -0.25) is 4.79 Å². The van der Waals surface area contributed by atoms with Crippen molar-refractivity contribution in [3.05, 3.63) is 23.8 Å². The van der Waals surface area contributed by atoms with Crippen LogP contribution in [0.4, 0.5) is 5.69 Å². The Morgan fingerprint density at radius 3 is 2.86 bits per heavy atom. The largest absolute Gasteiger partial charge is 0.506 e. The Balaban J connectivity index is 2.39. The summed E-state index contributed by atoms with van der Waals surface area (Å²) in [6.45, 7) is 2.67. The number of benzene rings is 1. The second-order valence-corrected chi connectivity index (χ2v) is 3.64. The van der Waals surface area contributed by atoms with Crippen LogP contribution in [-0.2, 0) is 4.79 Å². The van der Waals surface area contributed by atoms with Crippen molar-refractivity contribution in [3.8, 4) is 5.75 Å². The molecule has 1 aromatic carbocycles. The van der Waals surface area contributed by atoms with Crippen molar-refractivity contribution in [2.24, 2.45) is 0 Å². The van der Waals surface area contributed by atoms with Gasteiger partial charge in [0.05, 0.1) is 5.69 Å². The zero-order valence-electron chi connectivity index (χ0n) is 8.16. The quantitative estimate of drug-likeness (QED) is 0.735. The Morgan fingerprint density at radius 2 is 2.21 bits per heavy atom. The van der Waals surface area contributed by atoms with Crippen LogP contribution in [-0.4, -0.2) is 17.6 Å². The molecule has 1 aliphatic heterocycles. The van der Waals surface area contributed by atoms with Gasteiger partial charge in [0.15, 0.2) is 0 Å². The number of aryl methyl sites for hydroxylation is 1. The molecule has 74 valence electrons. The molecule has 1 N–H and O–H groups in total. The van der Waals surface area contributed by atoms with E-state index < -0.39 is 0 Å². The van der Waals surface area contributed by atoms with Crippen LogP contribution in [0.25, 0.3) is 0 Å². The summed E-state index contributed by atoms with van der Waals surface area (Å²) in [6.07, 6.45) is 1.47. The maximum Gasteiger partial charge on any atom is 0.227 e. The molecule has 1 heterocycles. The molecule has 1 aromatic rings. The number of rotatable bonds is 1. The van der Waals surface area contributed by atoms with Gasteiger partial charge in [0, 0.05) is 13.0 Å². The molecule has 1 saturated heterocycles. The molecule has 0 aromatic heterocycles. The molecular weight excluding hydrogens is 178 g/mol. The molecule has 0 radical (unpaired) electrons. The summed E-state index contributed by atoms with van der Waals surface area (Å²) in [4.78, 5) is 13.1. The average Bonchev–Trinajstić information content (AvgIpc) is 2.56. The molecule has 0 saturated carbocycles. The third kappa shape index (κ3) is 1.45. The molecular formula is C11H13NO2. The molecule has 0 bridgehead atoms. The standard InChI is InChI=1S/C11H13NO2/c1-8-4-5-10(13)9(7-8)12-6-2-3-11(12)14/h4-5,7,13H,2-3,6H2,1H3. The monoisotopic (exact) mass is 191 g/mol. The molecule has 3 nitrogen and oxygen atoms in total. The molecule has 14 heavy (non-hydrogen) atoms. The topological polar surface area (TPSA) is 40.5 Å². The maximum absolute atomic E-state index is 11.5. The summed E-state index contributed by atoms with van der Waals surface area (Å²) >= 11 is 0. The number of carbonyl (C=O) groups is 1. The lowest BCUT2D eigenvalue weighted by atomic mass is 10.2. The molecule has 1 aliphatic rings. The van der Waals surface area contributed by atoms with E-state index in [9.17, 15) is 9.90 Å². The number of hydrogen-bond acceptors (Lipinski definition) is 2. The second kappa shape index (κ2) is 3.33. The van der Waals surface area contributed by atoms with E-state index in [2.05, 4.69) is 0 Å². The van der Waals surface area contributed by atoms with Crippen molar-refractivity contribution in [2.75, 3.05) is 11.4 Å². The summed E-state index contributed by atoms with van der Waals surface area (Å²) in [6, 6.07) is 5.31. The van der Waals surface area contributed by atoms with Gasteiger partial charge in [-0.1, -0.05) is 6.07 Å². The van der Waals surface area contributed by atoms with Gasteiger partial charge in [-0.05, 0) is 31.0 Å². The first-order chi connectivity index (χ1) is 6.68. The van der Waals surface area contributed by atoms with Gasteiger partial charge in [-0.15, -0.1) is 0 Å². The van der Waals surface area contributed by atoms with E-state index in [0.29, 0.717) is 12.1 Å². The highest BCUT2D eigenvalue weighted by Gasteiger charge is 2.23. The SMILES string of the molecule is Cc1ccc(O)c(N2CCCC2=O)c1. The third-order valence-corrected chi connectivity index (χ3v) is 2.50. The van der Waals surface area contributed by atoms with Crippen LogP contribution in [0.15, 0.2) is 18.2 Å². The van der Waals surface area contributed by atoms with Gasteiger partial charge in [-0.2, -0.15) is 0 Å². The first kappa shape index (κ1) is 9.06. The average molecular weight is 191 g/mol. The normalized spacial score (nSPS) is 16.4.